The highest BCUT2D eigenvalue weighted by molar-refractivity contribution is 8.00. The molecule has 0 aliphatic carbocycles. The molecule has 11 heteroatoms. The van der Waals surface area contributed by atoms with Crippen molar-refractivity contribution < 1.29 is 14.3 Å². The Balaban J connectivity index is 1.20. The van der Waals surface area contributed by atoms with Gasteiger partial charge in [-0.15, -0.1) is 11.8 Å². The van der Waals surface area contributed by atoms with Gasteiger partial charge in [-0.2, -0.15) is 0 Å². The lowest BCUT2D eigenvalue weighted by atomic mass is 10.1. The van der Waals surface area contributed by atoms with Gasteiger partial charge in [-0.1, -0.05) is 12.1 Å². The summed E-state index contributed by atoms with van der Waals surface area (Å²) < 4.78 is 6.64. The van der Waals surface area contributed by atoms with E-state index in [2.05, 4.69) is 15.6 Å². The first-order valence-corrected chi connectivity index (χ1v) is 11.9. The number of aryl methyl sites for hydroxylation is 1. The number of carbonyl (C=O) groups is 2. The molecule has 0 radical (unpaired) electrons. The molecule has 0 saturated carbocycles. The summed E-state index contributed by atoms with van der Waals surface area (Å²) >= 11 is 1.46. The summed E-state index contributed by atoms with van der Waals surface area (Å²) in [5.74, 6) is 0.308. The third kappa shape index (κ3) is 4.19. The Hall–Kier alpha value is -3.57. The second-order valence-electron chi connectivity index (χ2n) is 8.22. The number of amides is 2. The summed E-state index contributed by atoms with van der Waals surface area (Å²) in [5.41, 5.74) is 1.89. The quantitative estimate of drug-likeness (QED) is 0.457. The minimum atomic E-state index is -0.459. The van der Waals surface area contributed by atoms with Crippen LogP contribution in [0.1, 0.15) is 5.56 Å². The Labute approximate surface area is 198 Å². The molecule has 2 amide bonds. The van der Waals surface area contributed by atoms with Crippen LogP contribution >= 0.6 is 11.8 Å². The van der Waals surface area contributed by atoms with E-state index in [1.54, 1.807) is 18.2 Å². The standard InChI is InChI=1S/C23H23N5O5S/c1-13-3-2-4-16-20(13)21(30)27(22(31)26-16)8-7-24-10-15-11-28(23(32)33-15)14-5-6-18-17(9-14)25-19(29)12-34-18/h2-6,9,15,24H,7-8,10-12H2,1H3,(H,25,29)(H,26,31)/t15-/m1/s1. The lowest BCUT2D eigenvalue weighted by Gasteiger charge is -2.20. The maximum atomic E-state index is 12.8. The third-order valence-corrected chi connectivity index (χ3v) is 6.96. The number of anilines is 2. The molecule has 10 nitrogen and oxygen atoms in total. The highest BCUT2D eigenvalue weighted by Crippen LogP contribution is 2.35. The molecule has 5 rings (SSSR count). The van der Waals surface area contributed by atoms with Gasteiger partial charge in [0, 0.05) is 30.2 Å². The molecule has 3 aromatic rings. The predicted molar refractivity (Wildman–Crippen MR) is 130 cm³/mol. The molecule has 2 aromatic carbocycles. The van der Waals surface area contributed by atoms with Crippen LogP contribution in [0, 0.1) is 6.92 Å². The second-order valence-corrected chi connectivity index (χ2v) is 9.24. The lowest BCUT2D eigenvalue weighted by Crippen LogP contribution is -2.39. The molecule has 176 valence electrons. The molecule has 3 N–H and O–H groups in total. The Kier molecular flexibility index (Phi) is 5.88. The smallest absolute Gasteiger partial charge is 0.414 e. The monoisotopic (exact) mass is 481 g/mol. The van der Waals surface area contributed by atoms with Crippen LogP contribution in [0.2, 0.25) is 0 Å². The van der Waals surface area contributed by atoms with Crippen molar-refractivity contribution in [3.8, 4) is 0 Å². The first-order valence-electron chi connectivity index (χ1n) is 10.9. The molecule has 0 spiro atoms. The van der Waals surface area contributed by atoms with E-state index in [0.717, 1.165) is 10.5 Å². The van der Waals surface area contributed by atoms with Gasteiger partial charge in [-0.05, 0) is 36.8 Å². The summed E-state index contributed by atoms with van der Waals surface area (Å²) in [6.07, 6.45) is -0.847. The van der Waals surface area contributed by atoms with Gasteiger partial charge in [-0.3, -0.25) is 19.1 Å². The maximum absolute atomic E-state index is 12.8. The van der Waals surface area contributed by atoms with E-state index in [9.17, 15) is 19.2 Å². The average Bonchev–Trinajstić information content (AvgIpc) is 3.18. The first-order chi connectivity index (χ1) is 16.4. The van der Waals surface area contributed by atoms with Crippen molar-refractivity contribution in [1.82, 2.24) is 14.9 Å². The zero-order valence-electron chi connectivity index (χ0n) is 18.4. The Morgan fingerprint density at radius 1 is 1.18 bits per heavy atom. The Bertz CT molecular complexity index is 1420. The van der Waals surface area contributed by atoms with Crippen molar-refractivity contribution in [2.45, 2.75) is 24.5 Å². The van der Waals surface area contributed by atoms with Gasteiger partial charge in [0.25, 0.3) is 5.56 Å². The average molecular weight is 482 g/mol. The normalized spacial score (nSPS) is 17.6. The van der Waals surface area contributed by atoms with Gasteiger partial charge in [0.15, 0.2) is 0 Å². The van der Waals surface area contributed by atoms with Gasteiger partial charge in [0.1, 0.15) is 6.10 Å². The number of aromatic nitrogens is 2. The van der Waals surface area contributed by atoms with E-state index >= 15 is 0 Å². The number of cyclic esters (lactones) is 1. The van der Waals surface area contributed by atoms with E-state index in [1.165, 1.54) is 21.2 Å². The molecule has 1 fully saturated rings. The van der Waals surface area contributed by atoms with Crippen molar-refractivity contribution in [2.24, 2.45) is 0 Å². The molecule has 0 bridgehead atoms. The molecular formula is C23H23N5O5S. The molecule has 1 saturated heterocycles. The van der Waals surface area contributed by atoms with E-state index in [0.29, 0.717) is 47.7 Å². The van der Waals surface area contributed by atoms with Crippen LogP contribution in [0.5, 0.6) is 0 Å². The van der Waals surface area contributed by atoms with Gasteiger partial charge in [0.05, 0.1) is 28.9 Å². The number of nitrogens with zero attached hydrogens (tertiary/aromatic N) is 2. The molecule has 3 heterocycles. The van der Waals surface area contributed by atoms with Crippen molar-refractivity contribution >= 4 is 46.0 Å². The number of hydrogen-bond acceptors (Lipinski definition) is 7. The maximum Gasteiger partial charge on any atom is 0.414 e. The van der Waals surface area contributed by atoms with Crippen LogP contribution < -0.4 is 26.8 Å². The van der Waals surface area contributed by atoms with Crippen molar-refractivity contribution in [3.05, 3.63) is 62.8 Å². The molecule has 1 aromatic heterocycles. The van der Waals surface area contributed by atoms with Crippen molar-refractivity contribution in [1.29, 1.82) is 0 Å². The fourth-order valence-corrected chi connectivity index (χ4v) is 4.99. The second kappa shape index (κ2) is 8.99. The van der Waals surface area contributed by atoms with Crippen LogP contribution in [0.4, 0.5) is 16.2 Å². The number of hydrogen-bond donors (Lipinski definition) is 3. The summed E-state index contributed by atoms with van der Waals surface area (Å²) in [6.45, 7) is 3.10. The van der Waals surface area contributed by atoms with E-state index in [4.69, 9.17) is 4.74 Å². The zero-order valence-corrected chi connectivity index (χ0v) is 19.2. The largest absolute Gasteiger partial charge is 0.443 e. The van der Waals surface area contributed by atoms with Gasteiger partial charge in [0.2, 0.25) is 5.91 Å². The SMILES string of the molecule is Cc1cccc2[nH]c(=O)n(CCNC[C@@H]3CN(c4ccc5c(c4)NC(=O)CS5)C(=O)O3)c(=O)c12. The minimum Gasteiger partial charge on any atom is -0.443 e. The van der Waals surface area contributed by atoms with Crippen LogP contribution in [0.25, 0.3) is 10.9 Å². The number of H-pyrrole nitrogens is 1. The minimum absolute atomic E-state index is 0.0692. The number of thioether (sulfide) groups is 1. The third-order valence-electron chi connectivity index (χ3n) is 5.88. The van der Waals surface area contributed by atoms with Crippen LogP contribution in [0.3, 0.4) is 0 Å². The summed E-state index contributed by atoms with van der Waals surface area (Å²) in [4.78, 5) is 54.5. The molecule has 2 aliphatic heterocycles. The number of rotatable bonds is 6. The number of ether oxygens (including phenoxy) is 1. The van der Waals surface area contributed by atoms with Crippen molar-refractivity contribution in [3.63, 3.8) is 0 Å². The molecule has 0 unspecified atom stereocenters. The molecule has 1 atom stereocenters. The molecular weight excluding hydrogens is 458 g/mol. The zero-order chi connectivity index (χ0) is 23.8. The Morgan fingerprint density at radius 3 is 2.88 bits per heavy atom. The number of carbonyl (C=O) groups excluding carboxylic acids is 2. The number of fused-ring (bicyclic) bond motifs is 2. The van der Waals surface area contributed by atoms with Gasteiger partial charge in [-0.25, -0.2) is 9.59 Å². The Morgan fingerprint density at radius 2 is 2.03 bits per heavy atom. The van der Waals surface area contributed by atoms with Crippen LogP contribution in [0.15, 0.2) is 50.9 Å². The van der Waals surface area contributed by atoms with Crippen LogP contribution in [-0.2, 0) is 16.1 Å². The highest BCUT2D eigenvalue weighted by Gasteiger charge is 2.32. The summed E-state index contributed by atoms with van der Waals surface area (Å²) in [6, 6.07) is 10.8. The van der Waals surface area contributed by atoms with Crippen molar-refractivity contribution in [2.75, 3.05) is 35.6 Å². The van der Waals surface area contributed by atoms with Crippen LogP contribution in [-0.4, -0.2) is 53.0 Å². The van der Waals surface area contributed by atoms with Gasteiger partial charge >= 0.3 is 11.8 Å². The topological polar surface area (TPSA) is 126 Å². The fraction of sp³-hybridized carbons (Fsp3) is 0.304. The summed E-state index contributed by atoms with van der Waals surface area (Å²) in [5, 5.41) is 6.49. The number of benzene rings is 2. The first kappa shape index (κ1) is 22.2. The fourth-order valence-electron chi connectivity index (χ4n) is 4.20. The number of nitrogens with one attached hydrogen (secondary N) is 3. The lowest BCUT2D eigenvalue weighted by molar-refractivity contribution is -0.113. The van der Waals surface area contributed by atoms with E-state index in [-0.39, 0.29) is 24.1 Å². The van der Waals surface area contributed by atoms with E-state index < -0.39 is 11.8 Å². The van der Waals surface area contributed by atoms with Gasteiger partial charge < -0.3 is 20.4 Å². The molecule has 2 aliphatic rings. The van der Waals surface area contributed by atoms with E-state index in [1.807, 2.05) is 25.1 Å². The number of aromatic amines is 1. The summed E-state index contributed by atoms with van der Waals surface area (Å²) in [7, 11) is 0. The highest BCUT2D eigenvalue weighted by atomic mass is 32.2. The molecule has 34 heavy (non-hydrogen) atoms. The predicted octanol–water partition coefficient (Wildman–Crippen LogP) is 1.66.